The molecule has 5 heteroatoms. The molecule has 0 aliphatic carbocycles. The maximum atomic E-state index is 13.0. The first-order valence-corrected chi connectivity index (χ1v) is 11.2. The monoisotopic (exact) mass is 424 g/mol. The first kappa shape index (κ1) is 21.0. The molecular weight excluding hydrogens is 396 g/mol. The minimum Gasteiger partial charge on any atom is -0.451 e. The minimum atomic E-state index is -0.174. The summed E-state index contributed by atoms with van der Waals surface area (Å²) in [4.78, 5) is 15.5. The summed E-state index contributed by atoms with van der Waals surface area (Å²) in [5.74, 6) is 0.192. The van der Waals surface area contributed by atoms with Gasteiger partial charge in [-0.1, -0.05) is 54.3 Å². The number of halogens is 1. The third-order valence-corrected chi connectivity index (χ3v) is 6.34. The molecule has 0 radical (unpaired) electrons. The quantitative estimate of drug-likeness (QED) is 0.542. The summed E-state index contributed by atoms with van der Waals surface area (Å²) >= 11 is 6.11. The molecule has 0 bridgehead atoms. The first-order chi connectivity index (χ1) is 14.5. The number of nitrogens with one attached hydrogen (secondary N) is 1. The van der Waals surface area contributed by atoms with E-state index < -0.39 is 0 Å². The number of aryl methyl sites for hydroxylation is 2. The van der Waals surface area contributed by atoms with E-state index in [9.17, 15) is 4.79 Å². The molecule has 30 heavy (non-hydrogen) atoms. The molecule has 1 saturated heterocycles. The Morgan fingerprint density at radius 2 is 1.77 bits per heavy atom. The zero-order valence-corrected chi connectivity index (χ0v) is 18.5. The summed E-state index contributed by atoms with van der Waals surface area (Å²) in [6.07, 6.45) is 4.98. The maximum Gasteiger partial charge on any atom is 0.287 e. The predicted octanol–water partition coefficient (Wildman–Crippen LogP) is 6.05. The van der Waals surface area contributed by atoms with Crippen LogP contribution < -0.4 is 5.32 Å². The molecule has 1 aliphatic rings. The second-order valence-corrected chi connectivity index (χ2v) is 8.72. The highest BCUT2D eigenvalue weighted by atomic mass is 35.5. The average Bonchev–Trinajstić information content (AvgIpc) is 2.91. The molecule has 0 spiro atoms. The zero-order valence-electron chi connectivity index (χ0n) is 17.7. The van der Waals surface area contributed by atoms with Gasteiger partial charge in [0.2, 0.25) is 0 Å². The molecule has 4 nitrogen and oxygen atoms in total. The van der Waals surface area contributed by atoms with Gasteiger partial charge in [-0.05, 0) is 63.5 Å². The Morgan fingerprint density at radius 1 is 1.07 bits per heavy atom. The Labute approximate surface area is 183 Å². The highest BCUT2D eigenvalue weighted by Gasteiger charge is 2.24. The Morgan fingerprint density at radius 3 is 2.47 bits per heavy atom. The number of amides is 1. The fourth-order valence-electron chi connectivity index (χ4n) is 4.33. The molecule has 0 saturated carbocycles. The molecular formula is C25H29ClN2O2. The molecule has 1 aliphatic heterocycles. The van der Waals surface area contributed by atoms with Crippen molar-refractivity contribution in [2.75, 3.05) is 19.6 Å². The van der Waals surface area contributed by atoms with Crippen LogP contribution in [0.1, 0.15) is 59.0 Å². The molecule has 1 N–H and O–H groups in total. The van der Waals surface area contributed by atoms with Crippen molar-refractivity contribution in [3.05, 3.63) is 69.9 Å². The van der Waals surface area contributed by atoms with Gasteiger partial charge < -0.3 is 9.73 Å². The van der Waals surface area contributed by atoms with Gasteiger partial charge >= 0.3 is 0 Å². The number of benzene rings is 2. The standard InChI is InChI=1S/C25H29ClN2O2/c1-17-7-9-19(10-8-17)22(28-13-5-3-4-6-14-28)16-27-25(29)24-18(2)21-15-20(26)11-12-23(21)30-24/h7-12,15,22H,3-6,13-14,16H2,1-2H3,(H,27,29)/t22-/m0/s1. The van der Waals surface area contributed by atoms with Crippen LogP contribution in [-0.2, 0) is 0 Å². The Bertz CT molecular complexity index is 1020. The summed E-state index contributed by atoms with van der Waals surface area (Å²) in [7, 11) is 0. The molecule has 1 fully saturated rings. The predicted molar refractivity (Wildman–Crippen MR) is 122 cm³/mol. The summed E-state index contributed by atoms with van der Waals surface area (Å²) in [6.45, 7) is 6.69. The fraction of sp³-hybridized carbons (Fsp3) is 0.400. The lowest BCUT2D eigenvalue weighted by atomic mass is 10.0. The van der Waals surface area contributed by atoms with Crippen LogP contribution in [0.3, 0.4) is 0 Å². The normalized spacial score (nSPS) is 16.4. The first-order valence-electron chi connectivity index (χ1n) is 10.8. The lowest BCUT2D eigenvalue weighted by Gasteiger charge is -2.31. The zero-order chi connectivity index (χ0) is 21.1. The van der Waals surface area contributed by atoms with Gasteiger partial charge in [-0.15, -0.1) is 0 Å². The highest BCUT2D eigenvalue weighted by molar-refractivity contribution is 6.31. The van der Waals surface area contributed by atoms with E-state index in [0.717, 1.165) is 24.0 Å². The van der Waals surface area contributed by atoms with E-state index in [4.69, 9.17) is 16.0 Å². The summed E-state index contributed by atoms with van der Waals surface area (Å²) in [5, 5.41) is 4.66. The third-order valence-electron chi connectivity index (χ3n) is 6.10. The minimum absolute atomic E-state index is 0.159. The van der Waals surface area contributed by atoms with Gasteiger partial charge in [-0.2, -0.15) is 0 Å². The van der Waals surface area contributed by atoms with Gasteiger partial charge in [0.15, 0.2) is 5.76 Å². The van der Waals surface area contributed by atoms with Crippen molar-refractivity contribution in [1.29, 1.82) is 0 Å². The number of hydrogen-bond acceptors (Lipinski definition) is 3. The van der Waals surface area contributed by atoms with Crippen molar-refractivity contribution in [2.45, 2.75) is 45.6 Å². The molecule has 1 aromatic heterocycles. The van der Waals surface area contributed by atoms with Crippen molar-refractivity contribution < 1.29 is 9.21 Å². The van der Waals surface area contributed by atoms with Crippen molar-refractivity contribution in [2.24, 2.45) is 0 Å². The van der Waals surface area contributed by atoms with Crippen LogP contribution in [0.5, 0.6) is 0 Å². The van der Waals surface area contributed by atoms with Gasteiger partial charge in [-0.25, -0.2) is 0 Å². The fourth-order valence-corrected chi connectivity index (χ4v) is 4.50. The summed E-state index contributed by atoms with van der Waals surface area (Å²) in [6, 6.07) is 14.3. The maximum absolute atomic E-state index is 13.0. The Balaban J connectivity index is 1.55. The van der Waals surface area contributed by atoms with Crippen LogP contribution in [0.4, 0.5) is 0 Å². The average molecular weight is 425 g/mol. The molecule has 158 valence electrons. The number of furan rings is 1. The number of nitrogens with zero attached hydrogens (tertiary/aromatic N) is 1. The Kier molecular flexibility index (Phi) is 6.45. The molecule has 1 atom stereocenters. The van der Waals surface area contributed by atoms with Gasteiger partial charge in [0, 0.05) is 22.5 Å². The number of rotatable bonds is 5. The second kappa shape index (κ2) is 9.23. The lowest BCUT2D eigenvalue weighted by molar-refractivity contribution is 0.0907. The number of carbonyl (C=O) groups excluding carboxylic acids is 1. The van der Waals surface area contributed by atoms with Crippen molar-refractivity contribution in [1.82, 2.24) is 10.2 Å². The van der Waals surface area contributed by atoms with Crippen LogP contribution in [0.25, 0.3) is 11.0 Å². The molecule has 1 amide bonds. The van der Waals surface area contributed by atoms with Crippen molar-refractivity contribution in [3.63, 3.8) is 0 Å². The molecule has 4 rings (SSSR count). The lowest BCUT2D eigenvalue weighted by Crippen LogP contribution is -2.38. The topological polar surface area (TPSA) is 45.5 Å². The van der Waals surface area contributed by atoms with E-state index in [1.807, 2.05) is 19.1 Å². The molecule has 2 heterocycles. The summed E-state index contributed by atoms with van der Waals surface area (Å²) < 4.78 is 5.85. The van der Waals surface area contributed by atoms with Crippen molar-refractivity contribution >= 4 is 28.5 Å². The van der Waals surface area contributed by atoms with Gasteiger partial charge in [0.05, 0.1) is 6.04 Å². The van der Waals surface area contributed by atoms with E-state index in [-0.39, 0.29) is 11.9 Å². The number of hydrogen-bond donors (Lipinski definition) is 1. The van der Waals surface area contributed by atoms with E-state index in [0.29, 0.717) is 22.9 Å². The van der Waals surface area contributed by atoms with E-state index >= 15 is 0 Å². The van der Waals surface area contributed by atoms with Crippen LogP contribution in [0, 0.1) is 13.8 Å². The van der Waals surface area contributed by atoms with Crippen LogP contribution >= 0.6 is 11.6 Å². The highest BCUT2D eigenvalue weighted by Crippen LogP contribution is 2.28. The van der Waals surface area contributed by atoms with Gasteiger partial charge in [0.25, 0.3) is 5.91 Å². The number of fused-ring (bicyclic) bond motifs is 1. The van der Waals surface area contributed by atoms with E-state index in [1.54, 1.807) is 6.07 Å². The van der Waals surface area contributed by atoms with Crippen molar-refractivity contribution in [3.8, 4) is 0 Å². The van der Waals surface area contributed by atoms with Gasteiger partial charge in [-0.3, -0.25) is 9.69 Å². The molecule has 3 aromatic rings. The molecule has 0 unspecified atom stereocenters. The Hall–Kier alpha value is -2.30. The second-order valence-electron chi connectivity index (χ2n) is 8.28. The number of carbonyl (C=O) groups is 1. The number of likely N-dealkylation sites (tertiary alicyclic amines) is 1. The third kappa shape index (κ3) is 4.55. The SMILES string of the molecule is Cc1ccc([C@H](CNC(=O)c2oc3ccc(Cl)cc3c2C)N2CCCCCC2)cc1. The van der Waals surface area contributed by atoms with E-state index in [2.05, 4.69) is 41.4 Å². The van der Waals surface area contributed by atoms with Crippen LogP contribution in [-0.4, -0.2) is 30.4 Å². The summed E-state index contributed by atoms with van der Waals surface area (Å²) in [5.41, 5.74) is 4.00. The van der Waals surface area contributed by atoms with Gasteiger partial charge in [0.1, 0.15) is 5.58 Å². The molecule has 2 aromatic carbocycles. The van der Waals surface area contributed by atoms with E-state index in [1.165, 1.54) is 36.8 Å². The largest absolute Gasteiger partial charge is 0.451 e. The van der Waals surface area contributed by atoms with Crippen LogP contribution in [0.15, 0.2) is 46.9 Å². The smallest absolute Gasteiger partial charge is 0.287 e. The van der Waals surface area contributed by atoms with Crippen LogP contribution in [0.2, 0.25) is 5.02 Å².